The van der Waals surface area contributed by atoms with Crippen LogP contribution in [0.4, 0.5) is 13.2 Å². The number of benzene rings is 2. The fraction of sp³-hybridized carbons (Fsp3) is 0.429. The van der Waals surface area contributed by atoms with Crippen molar-refractivity contribution < 1.29 is 18.3 Å². The highest BCUT2D eigenvalue weighted by molar-refractivity contribution is 5.66. The summed E-state index contributed by atoms with van der Waals surface area (Å²) in [5.74, 6) is 0.585. The van der Waals surface area contributed by atoms with Gasteiger partial charge in [0.1, 0.15) is 0 Å². The van der Waals surface area contributed by atoms with Crippen molar-refractivity contribution in [1.29, 1.82) is 0 Å². The van der Waals surface area contributed by atoms with Crippen molar-refractivity contribution in [2.75, 3.05) is 19.7 Å². The predicted octanol–water partition coefficient (Wildman–Crippen LogP) is 4.99. The first kappa shape index (κ1) is 17.6. The van der Waals surface area contributed by atoms with Crippen LogP contribution in [-0.4, -0.2) is 29.7 Å². The van der Waals surface area contributed by atoms with Gasteiger partial charge < -0.3 is 5.11 Å². The van der Waals surface area contributed by atoms with Gasteiger partial charge in [0, 0.05) is 19.2 Å². The van der Waals surface area contributed by atoms with Crippen molar-refractivity contribution in [2.45, 2.75) is 37.4 Å². The Morgan fingerprint density at radius 2 is 1.73 bits per heavy atom. The third kappa shape index (κ3) is 3.14. The molecule has 1 heterocycles. The largest absolute Gasteiger partial charge is 0.416 e. The molecule has 0 spiro atoms. The smallest absolute Gasteiger partial charge is 0.396 e. The number of hydrogen-bond donors (Lipinski definition) is 1. The van der Waals surface area contributed by atoms with E-state index in [4.69, 9.17) is 5.11 Å². The summed E-state index contributed by atoms with van der Waals surface area (Å²) in [7, 11) is 0. The molecule has 5 heteroatoms. The Labute approximate surface area is 151 Å². The zero-order valence-electron chi connectivity index (χ0n) is 14.5. The van der Waals surface area contributed by atoms with Gasteiger partial charge in [0.25, 0.3) is 0 Å². The van der Waals surface area contributed by atoms with Crippen LogP contribution in [0.3, 0.4) is 0 Å². The summed E-state index contributed by atoms with van der Waals surface area (Å²) in [5.41, 5.74) is 3.85. The maximum atomic E-state index is 12.8. The van der Waals surface area contributed by atoms with Crippen LogP contribution in [0.5, 0.6) is 0 Å². The number of alkyl halides is 3. The summed E-state index contributed by atoms with van der Waals surface area (Å²) < 4.78 is 38.3. The normalized spacial score (nSPS) is 22.5. The Morgan fingerprint density at radius 3 is 2.42 bits per heavy atom. The molecule has 1 unspecified atom stereocenters. The molecule has 0 radical (unpaired) electrons. The maximum absolute atomic E-state index is 12.8. The summed E-state index contributed by atoms with van der Waals surface area (Å²) in [6.45, 7) is 2.13. The minimum atomic E-state index is -4.30. The van der Waals surface area contributed by atoms with Gasteiger partial charge in [-0.1, -0.05) is 24.3 Å². The fourth-order valence-corrected chi connectivity index (χ4v) is 4.43. The summed E-state index contributed by atoms with van der Waals surface area (Å²) >= 11 is 0. The van der Waals surface area contributed by atoms with Crippen molar-refractivity contribution in [3.05, 3.63) is 59.2 Å². The molecule has 138 valence electrons. The first-order valence-corrected chi connectivity index (χ1v) is 9.14. The summed E-state index contributed by atoms with van der Waals surface area (Å²) in [6, 6.07) is 12.1. The highest BCUT2D eigenvalue weighted by Gasteiger charge is 2.38. The minimum Gasteiger partial charge on any atom is -0.396 e. The lowest BCUT2D eigenvalue weighted by atomic mass is 9.94. The monoisotopic (exact) mass is 361 g/mol. The van der Waals surface area contributed by atoms with Crippen molar-refractivity contribution in [1.82, 2.24) is 4.90 Å². The number of fused-ring (bicyclic) bond motifs is 5. The van der Waals surface area contributed by atoms with E-state index in [2.05, 4.69) is 17.0 Å². The second-order valence-corrected chi connectivity index (χ2v) is 7.27. The number of halogens is 3. The van der Waals surface area contributed by atoms with Crippen LogP contribution in [0.15, 0.2) is 42.5 Å². The number of likely N-dealkylation sites (tertiary alicyclic amines) is 1. The van der Waals surface area contributed by atoms with E-state index in [9.17, 15) is 13.2 Å². The molecular formula is C21H22F3NO. The van der Waals surface area contributed by atoms with E-state index in [1.165, 1.54) is 11.1 Å². The molecule has 26 heavy (non-hydrogen) atoms. The van der Waals surface area contributed by atoms with Crippen molar-refractivity contribution in [3.8, 4) is 11.1 Å². The third-order valence-electron chi connectivity index (χ3n) is 5.75. The SMILES string of the molecule is OCCCN1CCC2C[C@@H]1c1cc(-c3ccc(C(F)(F)F)cc3)ccc12. The fourth-order valence-electron chi connectivity index (χ4n) is 4.43. The molecule has 1 N–H and O–H groups in total. The predicted molar refractivity (Wildman–Crippen MR) is 94.9 cm³/mol. The summed E-state index contributed by atoms with van der Waals surface area (Å²) in [4.78, 5) is 2.44. The van der Waals surface area contributed by atoms with Gasteiger partial charge in [0.2, 0.25) is 0 Å². The summed E-state index contributed by atoms with van der Waals surface area (Å²) in [5, 5.41) is 9.13. The molecule has 4 rings (SSSR count). The molecule has 2 bridgehead atoms. The molecule has 2 aromatic carbocycles. The maximum Gasteiger partial charge on any atom is 0.416 e. The minimum absolute atomic E-state index is 0.200. The van der Waals surface area contributed by atoms with E-state index in [0.717, 1.165) is 55.6 Å². The van der Waals surface area contributed by atoms with Gasteiger partial charge in [-0.2, -0.15) is 13.2 Å². The molecule has 1 aliphatic carbocycles. The van der Waals surface area contributed by atoms with Gasteiger partial charge >= 0.3 is 6.18 Å². The van der Waals surface area contributed by atoms with Crippen LogP contribution in [0.1, 0.15) is 47.9 Å². The van der Waals surface area contributed by atoms with Gasteiger partial charge in [-0.3, -0.25) is 4.90 Å². The first-order valence-electron chi connectivity index (χ1n) is 9.14. The Kier molecular flexibility index (Phi) is 4.53. The molecule has 0 saturated carbocycles. The molecule has 2 aromatic rings. The number of aliphatic hydroxyl groups excluding tert-OH is 1. The van der Waals surface area contributed by atoms with Crippen LogP contribution in [0.25, 0.3) is 11.1 Å². The molecule has 1 saturated heterocycles. The van der Waals surface area contributed by atoms with Gasteiger partial charge in [-0.05, 0) is 72.2 Å². The van der Waals surface area contributed by atoms with Crippen molar-refractivity contribution >= 4 is 0 Å². The molecule has 0 aromatic heterocycles. The van der Waals surface area contributed by atoms with Crippen LogP contribution in [0, 0.1) is 0 Å². The standard InChI is InChI=1S/C21H22F3NO/c22-21(23,24)17-5-2-14(3-6-17)15-4-7-18-16-8-10-25(9-1-11-26)20(13-16)19(18)12-15/h2-7,12,16,20,26H,1,8-11,13H2/t16?,20-/m1/s1. The molecule has 1 fully saturated rings. The number of nitrogens with zero attached hydrogens (tertiary/aromatic N) is 1. The highest BCUT2D eigenvalue weighted by Crippen LogP contribution is 2.49. The van der Waals surface area contributed by atoms with E-state index < -0.39 is 11.7 Å². The Bertz CT molecular complexity index is 783. The number of hydrogen-bond acceptors (Lipinski definition) is 2. The van der Waals surface area contributed by atoms with Gasteiger partial charge in [0.15, 0.2) is 0 Å². The van der Waals surface area contributed by atoms with Crippen LogP contribution >= 0.6 is 0 Å². The molecule has 2 atom stereocenters. The highest BCUT2D eigenvalue weighted by atomic mass is 19.4. The lowest BCUT2D eigenvalue weighted by Gasteiger charge is -2.33. The van der Waals surface area contributed by atoms with Gasteiger partial charge in [0.05, 0.1) is 5.56 Å². The van der Waals surface area contributed by atoms with Gasteiger partial charge in [-0.25, -0.2) is 0 Å². The molecule has 2 nitrogen and oxygen atoms in total. The van der Waals surface area contributed by atoms with E-state index in [1.807, 2.05) is 6.07 Å². The van der Waals surface area contributed by atoms with Gasteiger partial charge in [-0.15, -0.1) is 0 Å². The quantitative estimate of drug-likeness (QED) is 0.829. The van der Waals surface area contributed by atoms with E-state index in [-0.39, 0.29) is 6.61 Å². The van der Waals surface area contributed by atoms with E-state index >= 15 is 0 Å². The number of aliphatic hydroxyl groups is 1. The molecular weight excluding hydrogens is 339 g/mol. The van der Waals surface area contributed by atoms with E-state index in [0.29, 0.717) is 12.0 Å². The topological polar surface area (TPSA) is 23.5 Å². The first-order chi connectivity index (χ1) is 12.5. The average molecular weight is 361 g/mol. The van der Waals surface area contributed by atoms with Crippen LogP contribution in [-0.2, 0) is 6.18 Å². The second kappa shape index (κ2) is 6.71. The second-order valence-electron chi connectivity index (χ2n) is 7.27. The molecule has 0 amide bonds. The Morgan fingerprint density at radius 1 is 1.00 bits per heavy atom. The molecule has 1 aliphatic heterocycles. The Hall–Kier alpha value is -1.85. The zero-order chi connectivity index (χ0) is 18.3. The Balaban J connectivity index is 1.63. The summed E-state index contributed by atoms with van der Waals surface area (Å²) in [6.07, 6.45) is -1.29. The van der Waals surface area contributed by atoms with Crippen LogP contribution < -0.4 is 0 Å². The number of piperidine rings is 1. The lowest BCUT2D eigenvalue weighted by Crippen LogP contribution is -2.33. The lowest BCUT2D eigenvalue weighted by molar-refractivity contribution is -0.137. The third-order valence-corrected chi connectivity index (χ3v) is 5.75. The molecule has 2 aliphatic rings. The van der Waals surface area contributed by atoms with Crippen molar-refractivity contribution in [3.63, 3.8) is 0 Å². The number of rotatable bonds is 4. The zero-order valence-corrected chi connectivity index (χ0v) is 14.5. The average Bonchev–Trinajstić information content (AvgIpc) is 2.93. The van der Waals surface area contributed by atoms with Crippen molar-refractivity contribution in [2.24, 2.45) is 0 Å². The van der Waals surface area contributed by atoms with E-state index in [1.54, 1.807) is 12.1 Å². The van der Waals surface area contributed by atoms with Crippen LogP contribution in [0.2, 0.25) is 0 Å².